The van der Waals surface area contributed by atoms with Gasteiger partial charge in [-0.15, -0.1) is 0 Å². The van der Waals surface area contributed by atoms with Gasteiger partial charge in [0, 0.05) is 31.7 Å². The average molecular weight is 282 g/mol. The summed E-state index contributed by atoms with van der Waals surface area (Å²) in [5.74, 6) is 0.286. The quantitative estimate of drug-likeness (QED) is 0.859. The molecule has 2 fully saturated rings. The molecule has 2 saturated heterocycles. The molecule has 0 aliphatic carbocycles. The fraction of sp³-hybridized carbons (Fsp3) is 0.938. The first-order valence-electron chi connectivity index (χ1n) is 8.24. The van der Waals surface area contributed by atoms with Crippen molar-refractivity contribution in [1.29, 1.82) is 0 Å². The Balaban J connectivity index is 1.83. The van der Waals surface area contributed by atoms with Crippen LogP contribution in [0.2, 0.25) is 0 Å². The van der Waals surface area contributed by atoms with Crippen molar-refractivity contribution < 1.29 is 9.90 Å². The second kappa shape index (κ2) is 7.41. The molecule has 116 valence electrons. The first-order valence-corrected chi connectivity index (χ1v) is 8.24. The van der Waals surface area contributed by atoms with E-state index in [1.165, 1.54) is 19.3 Å². The maximum absolute atomic E-state index is 12.5. The Labute approximate surface area is 123 Å². The minimum absolute atomic E-state index is 0.0191. The lowest BCUT2D eigenvalue weighted by Gasteiger charge is -2.39. The molecule has 0 aromatic carbocycles. The van der Waals surface area contributed by atoms with Crippen molar-refractivity contribution in [3.63, 3.8) is 0 Å². The molecule has 1 amide bonds. The Hall–Kier alpha value is -0.610. The smallest absolute Gasteiger partial charge is 0.236 e. The molecule has 1 unspecified atom stereocenters. The number of carbonyl (C=O) groups is 1. The van der Waals surface area contributed by atoms with Crippen LogP contribution >= 0.6 is 0 Å². The third kappa shape index (κ3) is 4.45. The highest BCUT2D eigenvalue weighted by molar-refractivity contribution is 5.78. The van der Waals surface area contributed by atoms with Crippen molar-refractivity contribution in [3.05, 3.63) is 0 Å². The fourth-order valence-corrected chi connectivity index (χ4v) is 3.48. The van der Waals surface area contributed by atoms with Crippen molar-refractivity contribution in [3.8, 4) is 0 Å². The maximum Gasteiger partial charge on any atom is 0.236 e. The maximum atomic E-state index is 12.5. The molecule has 0 aromatic heterocycles. The van der Waals surface area contributed by atoms with E-state index in [4.69, 9.17) is 0 Å². The van der Waals surface area contributed by atoms with E-state index in [2.05, 4.69) is 16.7 Å². The topological polar surface area (TPSA) is 43.8 Å². The van der Waals surface area contributed by atoms with Gasteiger partial charge in [0.2, 0.25) is 5.91 Å². The molecule has 20 heavy (non-hydrogen) atoms. The highest BCUT2D eigenvalue weighted by Gasteiger charge is 2.31. The number of likely N-dealkylation sites (tertiary alicyclic amines) is 2. The van der Waals surface area contributed by atoms with Gasteiger partial charge in [0.25, 0.3) is 0 Å². The van der Waals surface area contributed by atoms with Crippen LogP contribution in [0, 0.1) is 5.41 Å². The number of piperidine rings is 1. The predicted molar refractivity (Wildman–Crippen MR) is 80.5 cm³/mol. The molecule has 0 spiro atoms. The van der Waals surface area contributed by atoms with Gasteiger partial charge in [0.1, 0.15) is 0 Å². The van der Waals surface area contributed by atoms with Gasteiger partial charge in [-0.1, -0.05) is 26.2 Å². The Kier molecular flexibility index (Phi) is 5.85. The van der Waals surface area contributed by atoms with E-state index in [1.807, 2.05) is 0 Å². The summed E-state index contributed by atoms with van der Waals surface area (Å²) < 4.78 is 0. The summed E-state index contributed by atoms with van der Waals surface area (Å²) in [5, 5.41) is 9.50. The SMILES string of the molecule is CC1(CO)CCCN(CC(=O)N2CCCCCCC2)C1. The molecule has 4 nitrogen and oxygen atoms in total. The van der Waals surface area contributed by atoms with Crippen LogP contribution in [0.5, 0.6) is 0 Å². The highest BCUT2D eigenvalue weighted by Crippen LogP contribution is 2.28. The van der Waals surface area contributed by atoms with Crippen molar-refractivity contribution in [2.45, 2.75) is 51.9 Å². The molecule has 4 heteroatoms. The number of amides is 1. The first-order chi connectivity index (χ1) is 9.63. The van der Waals surface area contributed by atoms with Crippen LogP contribution in [-0.2, 0) is 4.79 Å². The van der Waals surface area contributed by atoms with Crippen molar-refractivity contribution in [2.24, 2.45) is 5.41 Å². The monoisotopic (exact) mass is 282 g/mol. The fourth-order valence-electron chi connectivity index (χ4n) is 3.48. The second-order valence-corrected chi connectivity index (χ2v) is 6.93. The lowest BCUT2D eigenvalue weighted by molar-refractivity contribution is -0.133. The summed E-state index contributed by atoms with van der Waals surface area (Å²) in [4.78, 5) is 16.7. The van der Waals surface area contributed by atoms with Crippen molar-refractivity contribution >= 4 is 5.91 Å². The van der Waals surface area contributed by atoms with Crippen LogP contribution in [0.1, 0.15) is 51.9 Å². The van der Waals surface area contributed by atoms with Crippen LogP contribution < -0.4 is 0 Å². The molecular weight excluding hydrogens is 252 g/mol. The van der Waals surface area contributed by atoms with Crippen molar-refractivity contribution in [2.75, 3.05) is 39.3 Å². The van der Waals surface area contributed by atoms with E-state index in [-0.39, 0.29) is 17.9 Å². The summed E-state index contributed by atoms with van der Waals surface area (Å²) in [6.45, 7) is 6.60. The van der Waals surface area contributed by atoms with Gasteiger partial charge in [-0.25, -0.2) is 0 Å². The number of aliphatic hydroxyl groups excluding tert-OH is 1. The van der Waals surface area contributed by atoms with Gasteiger partial charge in [-0.2, -0.15) is 0 Å². The van der Waals surface area contributed by atoms with E-state index in [9.17, 15) is 9.90 Å². The largest absolute Gasteiger partial charge is 0.396 e. The Morgan fingerprint density at radius 3 is 2.35 bits per heavy atom. The molecule has 0 radical (unpaired) electrons. The van der Waals surface area contributed by atoms with E-state index >= 15 is 0 Å². The number of nitrogens with zero attached hydrogens (tertiary/aromatic N) is 2. The van der Waals surface area contributed by atoms with Crippen LogP contribution in [0.4, 0.5) is 0 Å². The third-order valence-electron chi connectivity index (χ3n) is 4.81. The standard InChI is InChI=1S/C16H30N2O2/c1-16(14-19)8-7-9-17(13-16)12-15(20)18-10-5-3-2-4-6-11-18/h19H,2-14H2,1H3. The normalized spacial score (nSPS) is 29.8. The highest BCUT2D eigenvalue weighted by atomic mass is 16.3. The molecule has 1 N–H and O–H groups in total. The number of rotatable bonds is 3. The average Bonchev–Trinajstić information content (AvgIpc) is 2.38. The molecule has 0 bridgehead atoms. The van der Waals surface area contributed by atoms with Gasteiger partial charge >= 0.3 is 0 Å². The number of hydrogen-bond donors (Lipinski definition) is 1. The molecule has 2 rings (SSSR count). The van der Waals surface area contributed by atoms with Gasteiger partial charge in [-0.05, 0) is 32.2 Å². The van der Waals surface area contributed by atoms with E-state index in [0.717, 1.165) is 51.9 Å². The summed E-state index contributed by atoms with van der Waals surface area (Å²) in [5.41, 5.74) is -0.0191. The molecular formula is C16H30N2O2. The molecule has 1 atom stereocenters. The van der Waals surface area contributed by atoms with E-state index < -0.39 is 0 Å². The number of aliphatic hydroxyl groups is 1. The molecule has 0 saturated carbocycles. The summed E-state index contributed by atoms with van der Waals surface area (Å²) in [6.07, 6.45) is 8.30. The zero-order valence-corrected chi connectivity index (χ0v) is 12.9. The lowest BCUT2D eigenvalue weighted by atomic mass is 9.83. The second-order valence-electron chi connectivity index (χ2n) is 6.93. The zero-order valence-electron chi connectivity index (χ0n) is 12.9. The van der Waals surface area contributed by atoms with E-state index in [0.29, 0.717) is 6.54 Å². The number of carbonyl (C=O) groups excluding carboxylic acids is 1. The van der Waals surface area contributed by atoms with Crippen LogP contribution in [0.3, 0.4) is 0 Å². The van der Waals surface area contributed by atoms with Gasteiger partial charge in [0.15, 0.2) is 0 Å². The van der Waals surface area contributed by atoms with Crippen molar-refractivity contribution in [1.82, 2.24) is 9.80 Å². The predicted octanol–water partition coefficient (Wildman–Crippen LogP) is 1.87. The Morgan fingerprint density at radius 2 is 1.70 bits per heavy atom. The minimum atomic E-state index is -0.0191. The molecule has 2 heterocycles. The summed E-state index contributed by atoms with van der Waals surface area (Å²) >= 11 is 0. The van der Waals surface area contributed by atoms with Crippen LogP contribution in [-0.4, -0.2) is 60.1 Å². The minimum Gasteiger partial charge on any atom is -0.396 e. The summed E-state index contributed by atoms with van der Waals surface area (Å²) in [7, 11) is 0. The van der Waals surface area contributed by atoms with Crippen LogP contribution in [0.15, 0.2) is 0 Å². The molecule has 2 aliphatic heterocycles. The van der Waals surface area contributed by atoms with Gasteiger partial charge in [0.05, 0.1) is 6.54 Å². The van der Waals surface area contributed by atoms with Gasteiger partial charge < -0.3 is 10.0 Å². The molecule has 0 aromatic rings. The Morgan fingerprint density at radius 1 is 1.05 bits per heavy atom. The Bertz CT molecular complexity index is 314. The third-order valence-corrected chi connectivity index (χ3v) is 4.81. The summed E-state index contributed by atoms with van der Waals surface area (Å²) in [6, 6.07) is 0. The zero-order chi connectivity index (χ0) is 14.4. The first kappa shape index (κ1) is 15.8. The van der Waals surface area contributed by atoms with E-state index in [1.54, 1.807) is 0 Å². The lowest BCUT2D eigenvalue weighted by Crippen LogP contribution is -2.48. The van der Waals surface area contributed by atoms with Crippen LogP contribution in [0.25, 0.3) is 0 Å². The van der Waals surface area contributed by atoms with Gasteiger partial charge in [-0.3, -0.25) is 9.69 Å². The number of hydrogen-bond acceptors (Lipinski definition) is 3. The molecule has 2 aliphatic rings.